The van der Waals surface area contributed by atoms with Gasteiger partial charge in [0.2, 0.25) is 0 Å². The number of aliphatic hydroxyl groups excluding tert-OH is 1. The second kappa shape index (κ2) is 8.78. The van der Waals surface area contributed by atoms with Crippen LogP contribution >= 0.6 is 11.6 Å². The lowest BCUT2D eigenvalue weighted by Gasteiger charge is -2.25. The minimum atomic E-state index is -0.687. The van der Waals surface area contributed by atoms with Gasteiger partial charge in [-0.3, -0.25) is 9.59 Å². The molecule has 0 saturated carbocycles. The number of benzene rings is 3. The third-order valence-electron chi connectivity index (χ3n) is 5.56. The highest BCUT2D eigenvalue weighted by atomic mass is 35.5. The molecule has 3 aromatic rings. The fourth-order valence-corrected chi connectivity index (χ4v) is 3.99. The van der Waals surface area contributed by atoms with Gasteiger partial charge in [-0.15, -0.1) is 0 Å². The fraction of sp³-hybridized carbons (Fsp3) is 0.154. The minimum absolute atomic E-state index is 0.0903. The molecule has 1 aliphatic heterocycles. The molecule has 4 nitrogen and oxygen atoms in total. The van der Waals surface area contributed by atoms with E-state index >= 15 is 0 Å². The largest absolute Gasteiger partial charge is 0.507 e. The molecule has 1 N–H and O–H groups in total. The Balaban J connectivity index is 1.85. The minimum Gasteiger partial charge on any atom is -0.507 e. The SMILES string of the molecule is CCc1ccc(C2/C(=C(\O)c3ccc(Cl)cc3)C(=O)C(=O)N2Cc2ccccc2)cc1. The third-order valence-corrected chi connectivity index (χ3v) is 5.81. The van der Waals surface area contributed by atoms with Crippen LogP contribution in [0.4, 0.5) is 0 Å². The van der Waals surface area contributed by atoms with Crippen LogP contribution < -0.4 is 0 Å². The van der Waals surface area contributed by atoms with Gasteiger partial charge in [0, 0.05) is 17.1 Å². The number of nitrogens with zero attached hydrogens (tertiary/aromatic N) is 1. The first-order valence-electron chi connectivity index (χ1n) is 10.2. The Labute approximate surface area is 186 Å². The summed E-state index contributed by atoms with van der Waals surface area (Å²) >= 11 is 5.97. The molecular weight excluding hydrogens is 410 g/mol. The molecular formula is C26H22ClNO3. The highest BCUT2D eigenvalue weighted by molar-refractivity contribution is 6.46. The van der Waals surface area contributed by atoms with E-state index in [-0.39, 0.29) is 17.9 Å². The molecule has 31 heavy (non-hydrogen) atoms. The van der Waals surface area contributed by atoms with Crippen LogP contribution in [0.2, 0.25) is 5.02 Å². The summed E-state index contributed by atoms with van der Waals surface area (Å²) in [4.78, 5) is 27.6. The third kappa shape index (κ3) is 4.12. The Morgan fingerprint density at radius 2 is 1.55 bits per heavy atom. The summed E-state index contributed by atoms with van der Waals surface area (Å²) in [5, 5.41) is 11.6. The summed E-state index contributed by atoms with van der Waals surface area (Å²) in [6.07, 6.45) is 0.884. The predicted octanol–water partition coefficient (Wildman–Crippen LogP) is 5.52. The smallest absolute Gasteiger partial charge is 0.295 e. The predicted molar refractivity (Wildman–Crippen MR) is 122 cm³/mol. The molecule has 4 rings (SSSR count). The van der Waals surface area contributed by atoms with E-state index in [0.29, 0.717) is 10.6 Å². The molecule has 1 aliphatic rings. The summed E-state index contributed by atoms with van der Waals surface area (Å²) in [5.41, 5.74) is 3.38. The lowest BCUT2D eigenvalue weighted by Crippen LogP contribution is -2.29. The number of halogens is 1. The van der Waals surface area contributed by atoms with Crippen LogP contribution in [0.3, 0.4) is 0 Å². The van der Waals surface area contributed by atoms with Gasteiger partial charge >= 0.3 is 0 Å². The Hall–Kier alpha value is -3.37. The van der Waals surface area contributed by atoms with E-state index in [1.165, 1.54) is 4.90 Å². The zero-order valence-electron chi connectivity index (χ0n) is 17.1. The van der Waals surface area contributed by atoms with Crippen molar-refractivity contribution in [3.8, 4) is 0 Å². The number of likely N-dealkylation sites (tertiary alicyclic amines) is 1. The summed E-state index contributed by atoms with van der Waals surface area (Å²) < 4.78 is 0. The number of hydrogen-bond donors (Lipinski definition) is 1. The molecule has 1 amide bonds. The highest BCUT2D eigenvalue weighted by Gasteiger charge is 2.46. The first-order chi connectivity index (χ1) is 15.0. The Morgan fingerprint density at radius 1 is 0.903 bits per heavy atom. The van der Waals surface area contributed by atoms with E-state index < -0.39 is 17.7 Å². The van der Waals surface area contributed by atoms with Crippen molar-refractivity contribution in [2.45, 2.75) is 25.9 Å². The van der Waals surface area contributed by atoms with Gasteiger partial charge in [0.15, 0.2) is 0 Å². The van der Waals surface area contributed by atoms with Crippen molar-refractivity contribution in [3.05, 3.63) is 112 Å². The maximum absolute atomic E-state index is 13.1. The summed E-state index contributed by atoms with van der Waals surface area (Å²) in [6.45, 7) is 2.33. The Kier molecular flexibility index (Phi) is 5.92. The number of hydrogen-bond acceptors (Lipinski definition) is 3. The molecule has 1 saturated heterocycles. The molecule has 1 heterocycles. The van der Waals surface area contributed by atoms with Gasteiger partial charge in [-0.1, -0.05) is 73.1 Å². The van der Waals surface area contributed by atoms with Crippen LogP contribution in [0.15, 0.2) is 84.4 Å². The molecule has 0 bridgehead atoms. The van der Waals surface area contributed by atoms with Gasteiger partial charge in [-0.2, -0.15) is 0 Å². The quantitative estimate of drug-likeness (QED) is 0.328. The molecule has 0 radical (unpaired) electrons. The normalized spacial score (nSPS) is 17.9. The molecule has 3 aromatic carbocycles. The van der Waals surface area contributed by atoms with E-state index in [0.717, 1.165) is 23.1 Å². The molecule has 1 atom stereocenters. The monoisotopic (exact) mass is 431 g/mol. The maximum atomic E-state index is 13.1. The number of aliphatic hydroxyl groups is 1. The molecule has 0 spiro atoms. The van der Waals surface area contributed by atoms with Crippen molar-refractivity contribution in [2.75, 3.05) is 0 Å². The van der Waals surface area contributed by atoms with Crippen molar-refractivity contribution < 1.29 is 14.7 Å². The van der Waals surface area contributed by atoms with Crippen LogP contribution in [0.5, 0.6) is 0 Å². The van der Waals surface area contributed by atoms with E-state index in [1.54, 1.807) is 24.3 Å². The van der Waals surface area contributed by atoms with Gasteiger partial charge in [-0.05, 0) is 47.4 Å². The first kappa shape index (κ1) is 20.9. The van der Waals surface area contributed by atoms with Crippen molar-refractivity contribution in [2.24, 2.45) is 0 Å². The van der Waals surface area contributed by atoms with Crippen LogP contribution in [0.1, 0.15) is 35.2 Å². The number of carbonyl (C=O) groups is 2. The van der Waals surface area contributed by atoms with Gasteiger partial charge in [-0.25, -0.2) is 0 Å². The zero-order chi connectivity index (χ0) is 22.0. The lowest BCUT2D eigenvalue weighted by molar-refractivity contribution is -0.140. The second-order valence-corrected chi connectivity index (χ2v) is 7.95. The molecule has 5 heteroatoms. The van der Waals surface area contributed by atoms with E-state index in [2.05, 4.69) is 6.92 Å². The number of ketones is 1. The van der Waals surface area contributed by atoms with Crippen LogP contribution in [0.25, 0.3) is 5.76 Å². The Morgan fingerprint density at radius 3 is 2.16 bits per heavy atom. The molecule has 1 unspecified atom stereocenters. The standard InChI is InChI=1S/C26H22ClNO3/c1-2-17-8-10-19(11-9-17)23-22(24(29)20-12-14-21(27)15-13-20)25(30)26(31)28(23)16-18-6-4-3-5-7-18/h3-15,23,29H,2,16H2,1H3/b24-22+. The van der Waals surface area contributed by atoms with Gasteiger partial charge in [0.1, 0.15) is 5.76 Å². The van der Waals surface area contributed by atoms with Gasteiger partial charge in [0.25, 0.3) is 11.7 Å². The topological polar surface area (TPSA) is 57.6 Å². The van der Waals surface area contributed by atoms with Crippen molar-refractivity contribution >= 4 is 29.1 Å². The van der Waals surface area contributed by atoms with E-state index in [4.69, 9.17) is 11.6 Å². The van der Waals surface area contributed by atoms with Gasteiger partial charge < -0.3 is 10.0 Å². The average molecular weight is 432 g/mol. The first-order valence-corrected chi connectivity index (χ1v) is 10.5. The number of carbonyl (C=O) groups excluding carboxylic acids is 2. The number of amides is 1. The average Bonchev–Trinajstić information content (AvgIpc) is 3.05. The maximum Gasteiger partial charge on any atom is 0.295 e. The van der Waals surface area contributed by atoms with Crippen LogP contribution in [-0.2, 0) is 22.6 Å². The number of aryl methyl sites for hydroxylation is 1. The van der Waals surface area contributed by atoms with Crippen molar-refractivity contribution in [1.29, 1.82) is 0 Å². The van der Waals surface area contributed by atoms with E-state index in [9.17, 15) is 14.7 Å². The van der Waals surface area contributed by atoms with Gasteiger partial charge in [0.05, 0.1) is 11.6 Å². The second-order valence-electron chi connectivity index (χ2n) is 7.51. The molecule has 1 fully saturated rings. The highest BCUT2D eigenvalue weighted by Crippen LogP contribution is 2.40. The Bertz CT molecular complexity index is 1140. The lowest BCUT2D eigenvalue weighted by atomic mass is 9.94. The van der Waals surface area contributed by atoms with E-state index in [1.807, 2.05) is 54.6 Å². The summed E-state index contributed by atoms with van der Waals surface area (Å²) in [6, 6.07) is 23.2. The molecule has 0 aromatic heterocycles. The summed E-state index contributed by atoms with van der Waals surface area (Å²) in [5.74, 6) is -1.51. The van der Waals surface area contributed by atoms with Crippen LogP contribution in [0, 0.1) is 0 Å². The molecule has 156 valence electrons. The number of rotatable bonds is 5. The zero-order valence-corrected chi connectivity index (χ0v) is 17.8. The van der Waals surface area contributed by atoms with Crippen molar-refractivity contribution in [1.82, 2.24) is 4.90 Å². The summed E-state index contributed by atoms with van der Waals surface area (Å²) in [7, 11) is 0. The number of Topliss-reactive ketones (excluding diaryl/α,β-unsaturated/α-hetero) is 1. The van der Waals surface area contributed by atoms with Crippen LogP contribution in [-0.4, -0.2) is 21.7 Å². The van der Waals surface area contributed by atoms with Crippen molar-refractivity contribution in [3.63, 3.8) is 0 Å². The molecule has 0 aliphatic carbocycles. The fourth-order valence-electron chi connectivity index (χ4n) is 3.87.